The summed E-state index contributed by atoms with van der Waals surface area (Å²) in [5, 5.41) is 16.5. The number of amides is 3. The quantitative estimate of drug-likeness (QED) is 0.299. The Hall–Kier alpha value is -3.10. The number of unbranched alkanes of at least 4 members (excludes halogenated alkanes) is 3. The summed E-state index contributed by atoms with van der Waals surface area (Å²) in [7, 11) is -4.15. The van der Waals surface area contributed by atoms with Crippen LogP contribution in [0.5, 0.6) is 0 Å². The second kappa shape index (κ2) is 13.9. The Labute approximate surface area is 248 Å². The van der Waals surface area contributed by atoms with Crippen molar-refractivity contribution in [3.63, 3.8) is 0 Å². The summed E-state index contributed by atoms with van der Waals surface area (Å²) in [5.74, 6) is 0. The van der Waals surface area contributed by atoms with Gasteiger partial charge in [0.1, 0.15) is 11.6 Å². The van der Waals surface area contributed by atoms with Crippen LogP contribution in [0.1, 0.15) is 65.9 Å². The summed E-state index contributed by atoms with van der Waals surface area (Å²) in [6.07, 6.45) is -1.63. The molecule has 2 heterocycles. The van der Waals surface area contributed by atoms with Gasteiger partial charge in [0.05, 0.1) is 23.6 Å². The molecule has 14 heteroatoms. The summed E-state index contributed by atoms with van der Waals surface area (Å²) in [6, 6.07) is 4.86. The summed E-state index contributed by atoms with van der Waals surface area (Å²) in [4.78, 5) is 39.4. The van der Waals surface area contributed by atoms with Crippen molar-refractivity contribution < 1.29 is 42.1 Å². The summed E-state index contributed by atoms with van der Waals surface area (Å²) in [5.41, 5.74) is -1.22. The van der Waals surface area contributed by atoms with Gasteiger partial charge in [0, 0.05) is 19.6 Å². The minimum Gasteiger partial charge on any atom is -0.445 e. The number of hydrogen-bond donors (Lipinski definition) is 2. The zero-order chi connectivity index (χ0) is 31.2. The van der Waals surface area contributed by atoms with Crippen LogP contribution in [0.15, 0.2) is 29.2 Å². The smallest absolute Gasteiger partial charge is 0.429 e. The number of benzene rings is 1. The highest BCUT2D eigenvalue weighted by atomic mass is 32.2. The molecule has 3 rings (SSSR count). The molecule has 2 aliphatic heterocycles. The van der Waals surface area contributed by atoms with Crippen LogP contribution in [-0.4, -0.2) is 102 Å². The molecule has 3 amide bonds. The SMILES string of the molecule is CCCCCCNC(=O)O[C@H]1CN(C(=O)OC(C)C)N(C(=O)OC(C)C)[C@@H]2CN(S(=O)(=O)c3ccc(C)cc3)C[C@]12O. The molecule has 2 saturated heterocycles. The van der Waals surface area contributed by atoms with Crippen LogP contribution in [0.25, 0.3) is 0 Å². The van der Waals surface area contributed by atoms with Crippen molar-refractivity contribution in [2.75, 3.05) is 26.2 Å². The predicted octanol–water partition coefficient (Wildman–Crippen LogP) is 3.40. The fourth-order valence-electron chi connectivity index (χ4n) is 4.98. The maximum absolute atomic E-state index is 13.7. The van der Waals surface area contributed by atoms with Crippen molar-refractivity contribution >= 4 is 28.3 Å². The van der Waals surface area contributed by atoms with Crippen molar-refractivity contribution in [2.24, 2.45) is 0 Å². The van der Waals surface area contributed by atoms with E-state index in [1.54, 1.807) is 39.8 Å². The van der Waals surface area contributed by atoms with Gasteiger partial charge >= 0.3 is 18.3 Å². The molecule has 0 unspecified atom stereocenters. The molecule has 0 saturated carbocycles. The minimum absolute atomic E-state index is 0.00924. The number of carbonyl (C=O) groups is 3. The molecule has 2 aliphatic rings. The first kappa shape index (κ1) is 33.4. The van der Waals surface area contributed by atoms with Crippen LogP contribution in [0.3, 0.4) is 0 Å². The molecule has 0 aromatic heterocycles. The van der Waals surface area contributed by atoms with Crippen molar-refractivity contribution in [3.05, 3.63) is 29.8 Å². The van der Waals surface area contributed by atoms with Gasteiger partial charge in [-0.2, -0.15) is 4.31 Å². The lowest BCUT2D eigenvalue weighted by molar-refractivity contribution is -0.191. The predicted molar refractivity (Wildman–Crippen MR) is 153 cm³/mol. The van der Waals surface area contributed by atoms with E-state index >= 15 is 0 Å². The number of alkyl carbamates (subject to hydrolysis) is 1. The van der Waals surface area contributed by atoms with Gasteiger partial charge in [-0.25, -0.2) is 32.8 Å². The monoisotopic (exact) mass is 612 g/mol. The molecule has 42 heavy (non-hydrogen) atoms. The average molecular weight is 613 g/mol. The number of β-amino-alcohol motifs (C(OH)–C–C–N with tert-alkyl or cyclic N) is 1. The Morgan fingerprint density at radius 3 is 2.21 bits per heavy atom. The number of sulfonamides is 1. The highest BCUT2D eigenvalue weighted by Gasteiger charge is 2.64. The van der Waals surface area contributed by atoms with Gasteiger partial charge in [-0.3, -0.25) is 0 Å². The van der Waals surface area contributed by atoms with Gasteiger partial charge < -0.3 is 24.6 Å². The standard InChI is InChI=1S/C28H44N4O9S/c1-7-8-9-10-15-29-25(33)41-24-17-31(26(34)39-19(2)3)32(27(35)40-20(4)5)23-16-30(18-28(23,24)36)42(37,38)22-13-11-21(6)12-14-22/h11-14,19-20,23-24,36H,7-10,15-18H2,1-6H3,(H,29,33)/t23-,24+,28-/m1/s1. The first-order valence-electron chi connectivity index (χ1n) is 14.4. The maximum Gasteiger partial charge on any atom is 0.429 e. The van der Waals surface area contributed by atoms with E-state index in [-0.39, 0.29) is 4.90 Å². The number of rotatable bonds is 10. The lowest BCUT2D eigenvalue weighted by Gasteiger charge is -2.50. The molecule has 0 bridgehead atoms. The normalized spacial score (nSPS) is 22.7. The largest absolute Gasteiger partial charge is 0.445 e. The molecule has 236 valence electrons. The molecule has 0 radical (unpaired) electrons. The molecule has 1 aromatic carbocycles. The van der Waals surface area contributed by atoms with E-state index in [4.69, 9.17) is 14.2 Å². The van der Waals surface area contributed by atoms with E-state index < -0.39 is 77.9 Å². The van der Waals surface area contributed by atoms with Crippen molar-refractivity contribution in [1.29, 1.82) is 0 Å². The number of hydrogen-bond acceptors (Lipinski definition) is 9. The summed E-state index contributed by atoms with van der Waals surface area (Å²) >= 11 is 0. The Balaban J connectivity index is 1.99. The Morgan fingerprint density at radius 2 is 1.62 bits per heavy atom. The average Bonchev–Trinajstić information content (AvgIpc) is 3.27. The maximum atomic E-state index is 13.7. The van der Waals surface area contributed by atoms with E-state index in [9.17, 15) is 27.9 Å². The lowest BCUT2D eigenvalue weighted by Crippen LogP contribution is -2.73. The van der Waals surface area contributed by atoms with E-state index in [0.717, 1.165) is 45.6 Å². The second-order valence-electron chi connectivity index (χ2n) is 11.3. The fraction of sp³-hybridized carbons (Fsp3) is 0.679. The highest BCUT2D eigenvalue weighted by Crippen LogP contribution is 2.39. The number of nitrogens with zero attached hydrogens (tertiary/aromatic N) is 3. The van der Waals surface area contributed by atoms with E-state index in [1.165, 1.54) is 12.1 Å². The third-order valence-corrected chi connectivity index (χ3v) is 8.94. The van der Waals surface area contributed by atoms with Crippen LogP contribution >= 0.6 is 0 Å². The van der Waals surface area contributed by atoms with Crippen LogP contribution in [0.4, 0.5) is 14.4 Å². The van der Waals surface area contributed by atoms with Crippen LogP contribution in [0, 0.1) is 6.92 Å². The summed E-state index contributed by atoms with van der Waals surface area (Å²) < 4.78 is 44.7. The van der Waals surface area contributed by atoms with Gasteiger partial charge in [-0.15, -0.1) is 0 Å². The van der Waals surface area contributed by atoms with Gasteiger partial charge in [0.15, 0.2) is 6.10 Å². The number of aliphatic hydroxyl groups is 1. The number of fused-ring (bicyclic) bond motifs is 1. The first-order valence-corrected chi connectivity index (χ1v) is 15.9. The van der Waals surface area contributed by atoms with E-state index in [1.807, 2.05) is 6.92 Å². The number of hydrazine groups is 1. The van der Waals surface area contributed by atoms with E-state index in [2.05, 4.69) is 12.2 Å². The fourth-order valence-corrected chi connectivity index (χ4v) is 6.47. The Morgan fingerprint density at radius 1 is 1.00 bits per heavy atom. The van der Waals surface area contributed by atoms with Crippen molar-refractivity contribution in [3.8, 4) is 0 Å². The van der Waals surface area contributed by atoms with Gasteiger partial charge in [-0.05, 0) is 53.2 Å². The highest BCUT2D eigenvalue weighted by molar-refractivity contribution is 7.89. The first-order chi connectivity index (χ1) is 19.7. The van der Waals surface area contributed by atoms with Gasteiger partial charge in [0.2, 0.25) is 10.0 Å². The number of ether oxygens (including phenoxy) is 3. The van der Waals surface area contributed by atoms with Crippen molar-refractivity contribution in [2.45, 2.75) is 102 Å². The van der Waals surface area contributed by atoms with Crippen molar-refractivity contribution in [1.82, 2.24) is 19.6 Å². The molecular weight excluding hydrogens is 568 g/mol. The molecule has 0 spiro atoms. The number of carbonyl (C=O) groups excluding carboxylic acids is 3. The molecule has 2 N–H and O–H groups in total. The molecule has 0 aliphatic carbocycles. The van der Waals surface area contributed by atoms with Gasteiger partial charge in [-0.1, -0.05) is 43.9 Å². The lowest BCUT2D eigenvalue weighted by atomic mass is 9.88. The van der Waals surface area contributed by atoms with Crippen LogP contribution in [-0.2, 0) is 24.2 Å². The molecule has 13 nitrogen and oxygen atoms in total. The zero-order valence-corrected chi connectivity index (χ0v) is 26.1. The molecule has 1 aromatic rings. The topological polar surface area (TPSA) is 155 Å². The van der Waals surface area contributed by atoms with Crippen LogP contribution in [0.2, 0.25) is 0 Å². The molecule has 3 atom stereocenters. The third-order valence-electron chi connectivity index (χ3n) is 7.11. The van der Waals surface area contributed by atoms with Crippen LogP contribution < -0.4 is 5.32 Å². The Bertz CT molecular complexity index is 1210. The minimum atomic E-state index is -4.15. The Kier molecular flexibility index (Phi) is 11.1. The zero-order valence-electron chi connectivity index (χ0n) is 25.2. The number of nitrogens with one attached hydrogen (secondary N) is 1. The second-order valence-corrected chi connectivity index (χ2v) is 13.2. The molecule has 2 fully saturated rings. The van der Waals surface area contributed by atoms with E-state index in [0.29, 0.717) is 6.54 Å². The number of aryl methyl sites for hydroxylation is 1. The third kappa shape index (κ3) is 7.64. The molecular formula is C28H44N4O9S. The van der Waals surface area contributed by atoms with Gasteiger partial charge in [0.25, 0.3) is 0 Å². The summed E-state index contributed by atoms with van der Waals surface area (Å²) in [6.45, 7) is 9.34.